The van der Waals surface area contributed by atoms with Crippen molar-refractivity contribution in [3.05, 3.63) is 35.9 Å². The van der Waals surface area contributed by atoms with Gasteiger partial charge in [-0.15, -0.1) is 0 Å². The first-order valence-electron chi connectivity index (χ1n) is 7.21. The van der Waals surface area contributed by atoms with Crippen LogP contribution in [0.1, 0.15) is 52.6 Å². The molecule has 1 heteroatoms. The standard InChI is InChI=1S/C17H27N/c1-6-12-18-14(13-10-8-7-9-11-13)15-16(2,3)17(15,4)5/h7-11,14-15,18H,6,12H2,1-5H3. The maximum absolute atomic E-state index is 3.76. The van der Waals surface area contributed by atoms with Crippen LogP contribution in [0.25, 0.3) is 0 Å². The van der Waals surface area contributed by atoms with Crippen molar-refractivity contribution >= 4 is 0 Å². The van der Waals surface area contributed by atoms with Crippen molar-refractivity contribution < 1.29 is 0 Å². The van der Waals surface area contributed by atoms with Crippen molar-refractivity contribution in [3.8, 4) is 0 Å². The van der Waals surface area contributed by atoms with Gasteiger partial charge in [0.1, 0.15) is 0 Å². The van der Waals surface area contributed by atoms with Gasteiger partial charge < -0.3 is 5.32 Å². The zero-order chi connectivity index (χ0) is 13.4. The normalized spacial score (nSPS) is 22.7. The second-order valence-electron chi connectivity index (χ2n) is 6.76. The number of nitrogens with one attached hydrogen (secondary N) is 1. The average molecular weight is 245 g/mol. The van der Waals surface area contributed by atoms with Crippen molar-refractivity contribution in [2.45, 2.75) is 47.1 Å². The lowest BCUT2D eigenvalue weighted by molar-refractivity contribution is 0.410. The molecule has 100 valence electrons. The summed E-state index contributed by atoms with van der Waals surface area (Å²) in [6, 6.07) is 11.4. The predicted octanol–water partition coefficient (Wildman–Crippen LogP) is 4.41. The summed E-state index contributed by atoms with van der Waals surface area (Å²) >= 11 is 0. The Morgan fingerprint density at radius 1 is 1.06 bits per heavy atom. The fourth-order valence-electron chi connectivity index (χ4n) is 3.47. The molecule has 0 aromatic heterocycles. The van der Waals surface area contributed by atoms with Gasteiger partial charge in [-0.05, 0) is 35.3 Å². The zero-order valence-corrected chi connectivity index (χ0v) is 12.5. The topological polar surface area (TPSA) is 12.0 Å². The van der Waals surface area contributed by atoms with E-state index in [9.17, 15) is 0 Å². The molecule has 0 heterocycles. The molecule has 2 rings (SSSR count). The molecule has 1 nitrogen and oxygen atoms in total. The molecule has 1 aliphatic carbocycles. The fraction of sp³-hybridized carbons (Fsp3) is 0.647. The summed E-state index contributed by atoms with van der Waals surface area (Å²) in [5, 5.41) is 3.76. The minimum Gasteiger partial charge on any atom is -0.310 e. The third-order valence-corrected chi connectivity index (χ3v) is 5.24. The third kappa shape index (κ3) is 2.09. The van der Waals surface area contributed by atoms with E-state index in [0.29, 0.717) is 16.9 Å². The van der Waals surface area contributed by atoms with E-state index in [4.69, 9.17) is 0 Å². The summed E-state index contributed by atoms with van der Waals surface area (Å²) in [4.78, 5) is 0. The third-order valence-electron chi connectivity index (χ3n) is 5.24. The average Bonchev–Trinajstić information content (AvgIpc) is 2.74. The molecule has 1 unspecified atom stereocenters. The highest BCUT2D eigenvalue weighted by atomic mass is 15.0. The molecule has 1 atom stereocenters. The summed E-state index contributed by atoms with van der Waals surface area (Å²) < 4.78 is 0. The van der Waals surface area contributed by atoms with E-state index in [1.54, 1.807) is 0 Å². The number of hydrogen-bond acceptors (Lipinski definition) is 1. The molecule has 0 saturated heterocycles. The van der Waals surface area contributed by atoms with Crippen molar-refractivity contribution in [2.24, 2.45) is 16.7 Å². The Kier molecular flexibility index (Phi) is 3.55. The Morgan fingerprint density at radius 2 is 1.61 bits per heavy atom. The molecule has 0 bridgehead atoms. The van der Waals surface area contributed by atoms with E-state index in [1.807, 2.05) is 0 Å². The largest absolute Gasteiger partial charge is 0.310 e. The zero-order valence-electron chi connectivity index (χ0n) is 12.5. The highest BCUT2D eigenvalue weighted by Gasteiger charge is 2.67. The Hall–Kier alpha value is -0.820. The lowest BCUT2D eigenvalue weighted by atomic mass is 9.96. The molecule has 1 aromatic rings. The molecule has 0 spiro atoms. The first-order chi connectivity index (χ1) is 8.43. The molecule has 1 fully saturated rings. The molecule has 18 heavy (non-hydrogen) atoms. The van der Waals surface area contributed by atoms with E-state index in [0.717, 1.165) is 12.5 Å². The van der Waals surface area contributed by atoms with Crippen LogP contribution in [0.5, 0.6) is 0 Å². The fourth-order valence-corrected chi connectivity index (χ4v) is 3.47. The monoisotopic (exact) mass is 245 g/mol. The quantitative estimate of drug-likeness (QED) is 0.810. The van der Waals surface area contributed by atoms with Crippen LogP contribution in [-0.2, 0) is 0 Å². The Morgan fingerprint density at radius 3 is 2.06 bits per heavy atom. The lowest BCUT2D eigenvalue weighted by Gasteiger charge is -2.21. The molecule has 1 N–H and O–H groups in total. The number of hydrogen-bond donors (Lipinski definition) is 1. The Bertz CT molecular complexity index is 377. The van der Waals surface area contributed by atoms with E-state index in [1.165, 1.54) is 12.0 Å². The van der Waals surface area contributed by atoms with Gasteiger partial charge in [0, 0.05) is 6.04 Å². The highest BCUT2D eigenvalue weighted by Crippen LogP contribution is 2.72. The lowest BCUT2D eigenvalue weighted by Crippen LogP contribution is -2.26. The van der Waals surface area contributed by atoms with Crippen molar-refractivity contribution in [1.82, 2.24) is 5.32 Å². The first kappa shape index (κ1) is 13.6. The van der Waals surface area contributed by atoms with E-state index < -0.39 is 0 Å². The highest BCUT2D eigenvalue weighted by molar-refractivity contribution is 5.27. The molecule has 1 aromatic carbocycles. The molecule has 1 saturated carbocycles. The van der Waals surface area contributed by atoms with Gasteiger partial charge in [0.25, 0.3) is 0 Å². The summed E-state index contributed by atoms with van der Waals surface area (Å²) in [7, 11) is 0. The van der Waals surface area contributed by atoms with Gasteiger partial charge in [-0.25, -0.2) is 0 Å². The van der Waals surface area contributed by atoms with Crippen molar-refractivity contribution in [1.29, 1.82) is 0 Å². The van der Waals surface area contributed by atoms with Gasteiger partial charge in [0.05, 0.1) is 0 Å². The SMILES string of the molecule is CCCNC(c1ccccc1)C1C(C)(C)C1(C)C. The Labute approximate surface area is 112 Å². The first-order valence-corrected chi connectivity index (χ1v) is 7.21. The summed E-state index contributed by atoms with van der Waals surface area (Å²) in [5.74, 6) is 0.721. The maximum atomic E-state index is 3.76. The van der Waals surface area contributed by atoms with Crippen LogP contribution in [0, 0.1) is 16.7 Å². The minimum absolute atomic E-state index is 0.425. The van der Waals surface area contributed by atoms with Gasteiger partial charge >= 0.3 is 0 Å². The van der Waals surface area contributed by atoms with Crippen LogP contribution in [0.4, 0.5) is 0 Å². The van der Waals surface area contributed by atoms with Crippen LogP contribution in [0.3, 0.4) is 0 Å². The van der Waals surface area contributed by atoms with E-state index >= 15 is 0 Å². The molecule has 0 aliphatic heterocycles. The number of benzene rings is 1. The second-order valence-corrected chi connectivity index (χ2v) is 6.76. The van der Waals surface area contributed by atoms with E-state index in [-0.39, 0.29) is 0 Å². The maximum Gasteiger partial charge on any atom is 0.0359 e. The van der Waals surface area contributed by atoms with E-state index in [2.05, 4.69) is 70.3 Å². The molecule has 0 amide bonds. The minimum atomic E-state index is 0.425. The van der Waals surface area contributed by atoms with Gasteiger partial charge in [-0.1, -0.05) is 65.0 Å². The number of rotatable bonds is 5. The van der Waals surface area contributed by atoms with Gasteiger partial charge in [0.15, 0.2) is 0 Å². The predicted molar refractivity (Wildman–Crippen MR) is 78.5 cm³/mol. The Balaban J connectivity index is 2.23. The summed E-state index contributed by atoms with van der Waals surface area (Å²) in [6.07, 6.45) is 1.19. The van der Waals surface area contributed by atoms with Crippen LogP contribution in [-0.4, -0.2) is 6.54 Å². The smallest absolute Gasteiger partial charge is 0.0359 e. The van der Waals surface area contributed by atoms with Crippen molar-refractivity contribution in [2.75, 3.05) is 6.54 Å². The van der Waals surface area contributed by atoms with Crippen LogP contribution >= 0.6 is 0 Å². The molecular weight excluding hydrogens is 218 g/mol. The molecular formula is C17H27N. The van der Waals surface area contributed by atoms with Crippen molar-refractivity contribution in [3.63, 3.8) is 0 Å². The molecule has 0 radical (unpaired) electrons. The van der Waals surface area contributed by atoms with Gasteiger partial charge in [-0.2, -0.15) is 0 Å². The molecule has 1 aliphatic rings. The van der Waals surface area contributed by atoms with Gasteiger partial charge in [0.2, 0.25) is 0 Å². The van der Waals surface area contributed by atoms with Crippen LogP contribution in [0.2, 0.25) is 0 Å². The van der Waals surface area contributed by atoms with Crippen LogP contribution in [0.15, 0.2) is 30.3 Å². The van der Waals surface area contributed by atoms with Crippen LogP contribution < -0.4 is 5.32 Å². The summed E-state index contributed by atoms with van der Waals surface area (Å²) in [5.41, 5.74) is 2.29. The summed E-state index contributed by atoms with van der Waals surface area (Å²) in [6.45, 7) is 12.9. The second kappa shape index (κ2) is 4.70. The van der Waals surface area contributed by atoms with Gasteiger partial charge in [-0.3, -0.25) is 0 Å².